The quantitative estimate of drug-likeness (QED) is 0.557. The first-order valence-corrected chi connectivity index (χ1v) is 11.7. The molecule has 0 radical (unpaired) electrons. The summed E-state index contributed by atoms with van der Waals surface area (Å²) in [6.45, 7) is 3.06. The van der Waals surface area contributed by atoms with E-state index in [0.29, 0.717) is 36.0 Å². The molecule has 2 aliphatic rings. The monoisotopic (exact) mass is 435 g/mol. The molecule has 6 heteroatoms. The van der Waals surface area contributed by atoms with Gasteiger partial charge in [-0.2, -0.15) is 0 Å². The smallest absolute Gasteiger partial charge is 0.161 e. The van der Waals surface area contributed by atoms with Crippen LogP contribution in [0.5, 0.6) is 11.5 Å². The molecule has 2 saturated heterocycles. The highest BCUT2D eigenvalue weighted by Crippen LogP contribution is 2.40. The first-order chi connectivity index (χ1) is 15.6. The van der Waals surface area contributed by atoms with Gasteiger partial charge < -0.3 is 19.6 Å². The Morgan fingerprint density at radius 1 is 1.09 bits per heavy atom. The summed E-state index contributed by atoms with van der Waals surface area (Å²) in [5, 5.41) is 10.7. The van der Waals surface area contributed by atoms with E-state index >= 15 is 0 Å². The van der Waals surface area contributed by atoms with E-state index in [4.69, 9.17) is 14.5 Å². The van der Waals surface area contributed by atoms with Gasteiger partial charge in [-0.05, 0) is 62.3 Å². The number of fused-ring (bicyclic) bond motifs is 3. The van der Waals surface area contributed by atoms with E-state index in [2.05, 4.69) is 35.0 Å². The van der Waals surface area contributed by atoms with Crippen molar-refractivity contribution in [1.29, 1.82) is 0 Å². The number of rotatable bonds is 8. The minimum Gasteiger partial charge on any atom is -0.493 e. The van der Waals surface area contributed by atoms with Gasteiger partial charge >= 0.3 is 0 Å². The highest BCUT2D eigenvalue weighted by molar-refractivity contribution is 5.78. The summed E-state index contributed by atoms with van der Waals surface area (Å²) < 4.78 is 11.2. The molecule has 0 saturated carbocycles. The summed E-state index contributed by atoms with van der Waals surface area (Å²) in [7, 11) is 1.63. The number of aromatic amines is 1. The Morgan fingerprint density at radius 3 is 2.56 bits per heavy atom. The van der Waals surface area contributed by atoms with E-state index in [-0.39, 0.29) is 6.61 Å². The summed E-state index contributed by atoms with van der Waals surface area (Å²) >= 11 is 0. The zero-order chi connectivity index (χ0) is 22.1. The molecule has 5 rings (SSSR count). The highest BCUT2D eigenvalue weighted by atomic mass is 16.5. The third kappa shape index (κ3) is 4.34. The maximum atomic E-state index is 10.7. The molecule has 0 amide bonds. The van der Waals surface area contributed by atoms with Crippen LogP contribution < -0.4 is 9.47 Å². The summed E-state index contributed by atoms with van der Waals surface area (Å²) in [5.74, 6) is 3.13. The average molecular weight is 436 g/mol. The van der Waals surface area contributed by atoms with Gasteiger partial charge in [0.05, 0.1) is 18.1 Å². The molecule has 0 aliphatic carbocycles. The van der Waals surface area contributed by atoms with Gasteiger partial charge in [-0.1, -0.05) is 24.3 Å². The number of piperidine rings is 1. The zero-order valence-electron chi connectivity index (χ0n) is 19.0. The van der Waals surface area contributed by atoms with Gasteiger partial charge in [0.15, 0.2) is 11.5 Å². The van der Waals surface area contributed by atoms with E-state index < -0.39 is 6.10 Å². The minimum absolute atomic E-state index is 0.276. The number of para-hydroxylation sites is 3. The standard InChI is InChI=1S/C26H33N3O3/c1-17-6-5-7-22-26(17)28-25(27-22)14-18-12-19-10-11-20(13-18)29(19)15-21(30)16-32-24-9-4-3-8-23(24)31-2/h3-9,18-21,30H,10-16H2,1-2H3,(H,27,28)/t18?,19-,20+,21?. The van der Waals surface area contributed by atoms with Crippen molar-refractivity contribution >= 4 is 11.0 Å². The molecule has 2 aromatic carbocycles. The molecule has 0 spiro atoms. The van der Waals surface area contributed by atoms with E-state index in [0.717, 1.165) is 23.3 Å². The summed E-state index contributed by atoms with van der Waals surface area (Å²) in [4.78, 5) is 10.9. The lowest BCUT2D eigenvalue weighted by Crippen LogP contribution is -2.47. The van der Waals surface area contributed by atoms with Crippen molar-refractivity contribution in [2.24, 2.45) is 5.92 Å². The van der Waals surface area contributed by atoms with Crippen molar-refractivity contribution in [2.75, 3.05) is 20.3 Å². The maximum Gasteiger partial charge on any atom is 0.161 e. The molecule has 3 heterocycles. The molecule has 2 N–H and O–H groups in total. The Morgan fingerprint density at radius 2 is 1.84 bits per heavy atom. The van der Waals surface area contributed by atoms with Gasteiger partial charge in [0.2, 0.25) is 0 Å². The van der Waals surface area contributed by atoms with Gasteiger partial charge in [-0.25, -0.2) is 4.98 Å². The van der Waals surface area contributed by atoms with E-state index in [1.165, 1.54) is 31.2 Å². The molecular formula is C26H33N3O3. The molecule has 2 bridgehead atoms. The summed E-state index contributed by atoms with van der Waals surface area (Å²) in [6.07, 6.45) is 5.28. The fraction of sp³-hybridized carbons (Fsp3) is 0.500. The molecule has 170 valence electrons. The second kappa shape index (κ2) is 9.12. The summed E-state index contributed by atoms with van der Waals surface area (Å²) in [5.41, 5.74) is 3.46. The van der Waals surface area contributed by atoms with Crippen LogP contribution >= 0.6 is 0 Å². The number of benzene rings is 2. The van der Waals surface area contributed by atoms with Crippen LogP contribution in [0.1, 0.15) is 37.1 Å². The Labute approximate surface area is 189 Å². The Hall–Kier alpha value is -2.57. The second-order valence-corrected chi connectivity index (χ2v) is 9.39. The van der Waals surface area contributed by atoms with Crippen LogP contribution in [-0.2, 0) is 6.42 Å². The zero-order valence-corrected chi connectivity index (χ0v) is 19.0. The van der Waals surface area contributed by atoms with Gasteiger partial charge in [-0.15, -0.1) is 0 Å². The van der Waals surface area contributed by atoms with Crippen LogP contribution in [0, 0.1) is 12.8 Å². The number of aryl methyl sites for hydroxylation is 1. The molecule has 32 heavy (non-hydrogen) atoms. The lowest BCUT2D eigenvalue weighted by atomic mass is 9.87. The van der Waals surface area contributed by atoms with E-state index in [9.17, 15) is 5.11 Å². The molecular weight excluding hydrogens is 402 g/mol. The van der Waals surface area contributed by atoms with Crippen molar-refractivity contribution in [3.8, 4) is 11.5 Å². The van der Waals surface area contributed by atoms with Crippen LogP contribution in [0.15, 0.2) is 42.5 Å². The number of imidazole rings is 1. The number of aromatic nitrogens is 2. The van der Waals surface area contributed by atoms with Gasteiger partial charge in [0.1, 0.15) is 18.5 Å². The van der Waals surface area contributed by atoms with Crippen molar-refractivity contribution in [1.82, 2.24) is 14.9 Å². The first-order valence-electron chi connectivity index (χ1n) is 11.7. The topological polar surface area (TPSA) is 70.6 Å². The SMILES string of the molecule is COc1ccccc1OCC(O)CN1[C@@H]2CC[C@H]1CC(Cc1nc3c(C)cccc3[nH]1)C2. The molecule has 2 fully saturated rings. The fourth-order valence-corrected chi connectivity index (χ4v) is 5.67. The van der Waals surface area contributed by atoms with E-state index in [1.54, 1.807) is 7.11 Å². The largest absolute Gasteiger partial charge is 0.493 e. The second-order valence-electron chi connectivity index (χ2n) is 9.39. The number of nitrogens with one attached hydrogen (secondary N) is 1. The number of H-pyrrole nitrogens is 1. The molecule has 2 aliphatic heterocycles. The van der Waals surface area contributed by atoms with Crippen LogP contribution in [0.25, 0.3) is 11.0 Å². The predicted octanol–water partition coefficient (Wildman–Crippen LogP) is 4.11. The highest BCUT2D eigenvalue weighted by Gasteiger charge is 2.41. The maximum absolute atomic E-state index is 10.7. The van der Waals surface area contributed by atoms with Crippen molar-refractivity contribution < 1.29 is 14.6 Å². The van der Waals surface area contributed by atoms with E-state index in [1.807, 2.05) is 24.3 Å². The normalized spacial score (nSPS) is 24.0. The predicted molar refractivity (Wildman–Crippen MR) is 125 cm³/mol. The fourth-order valence-electron chi connectivity index (χ4n) is 5.67. The van der Waals surface area contributed by atoms with Crippen molar-refractivity contribution in [3.63, 3.8) is 0 Å². The molecule has 1 aromatic heterocycles. The Balaban J connectivity index is 1.16. The van der Waals surface area contributed by atoms with Gasteiger partial charge in [0, 0.05) is 25.0 Å². The van der Waals surface area contributed by atoms with Crippen LogP contribution in [0.3, 0.4) is 0 Å². The van der Waals surface area contributed by atoms with Gasteiger partial charge in [0.25, 0.3) is 0 Å². The Kier molecular flexibility index (Phi) is 6.07. The Bertz CT molecular complexity index is 1050. The molecule has 6 nitrogen and oxygen atoms in total. The number of methoxy groups -OCH3 is 1. The minimum atomic E-state index is -0.516. The molecule has 3 aromatic rings. The lowest BCUT2D eigenvalue weighted by Gasteiger charge is -2.39. The number of aliphatic hydroxyl groups is 1. The summed E-state index contributed by atoms with van der Waals surface area (Å²) in [6, 6.07) is 15.0. The third-order valence-corrected chi connectivity index (χ3v) is 7.15. The van der Waals surface area contributed by atoms with Crippen molar-refractivity contribution in [3.05, 3.63) is 53.9 Å². The number of aliphatic hydroxyl groups excluding tert-OH is 1. The number of hydrogen-bond donors (Lipinski definition) is 2. The lowest BCUT2D eigenvalue weighted by molar-refractivity contribution is 0.0236. The third-order valence-electron chi connectivity index (χ3n) is 7.15. The van der Waals surface area contributed by atoms with Crippen LogP contribution in [0.2, 0.25) is 0 Å². The first kappa shape index (κ1) is 21.3. The van der Waals surface area contributed by atoms with Crippen LogP contribution in [0.4, 0.5) is 0 Å². The van der Waals surface area contributed by atoms with Gasteiger partial charge in [-0.3, -0.25) is 4.90 Å². The van der Waals surface area contributed by atoms with Crippen molar-refractivity contribution in [2.45, 2.75) is 57.2 Å². The average Bonchev–Trinajstić information content (AvgIpc) is 3.30. The number of nitrogens with zero attached hydrogens (tertiary/aromatic N) is 2. The van der Waals surface area contributed by atoms with Crippen LogP contribution in [-0.4, -0.2) is 58.4 Å². The number of hydrogen-bond acceptors (Lipinski definition) is 5. The number of ether oxygens (including phenoxy) is 2. The molecule has 2 unspecified atom stereocenters. The molecule has 4 atom stereocenters.